The van der Waals surface area contributed by atoms with Crippen LogP contribution < -0.4 is 0 Å². The highest BCUT2D eigenvalue weighted by Crippen LogP contribution is 2.09. The Hall–Kier alpha value is -1.84. The smallest absolute Gasteiger partial charge is 0.130 e. The van der Waals surface area contributed by atoms with Gasteiger partial charge in [0.25, 0.3) is 0 Å². The fraction of sp³-hybridized carbons (Fsp3) is 0.429. The maximum atomic E-state index is 4.07. The lowest BCUT2D eigenvalue weighted by Crippen LogP contribution is -1.93. The van der Waals surface area contributed by atoms with Crippen LogP contribution in [0.25, 0.3) is 0 Å². The molecule has 2 aromatic heterocycles. The van der Waals surface area contributed by atoms with Gasteiger partial charge in [-0.25, -0.2) is 19.9 Å². The molecule has 0 spiro atoms. The van der Waals surface area contributed by atoms with E-state index in [1.807, 2.05) is 18.5 Å². The molecule has 0 saturated heterocycles. The zero-order valence-electron chi connectivity index (χ0n) is 11.4. The van der Waals surface area contributed by atoms with Gasteiger partial charge in [-0.3, -0.25) is 0 Å². The molecule has 2 aromatic rings. The summed E-state index contributed by atoms with van der Waals surface area (Å²) in [4.78, 5) is 15.9. The van der Waals surface area contributed by atoms with Gasteiger partial charge >= 0.3 is 0 Å². The van der Waals surface area contributed by atoms with Crippen LogP contribution in [-0.2, 0) is 0 Å². The predicted octanol–water partition coefficient (Wildman–Crippen LogP) is 3.20. The molecule has 2 rings (SSSR count). The van der Waals surface area contributed by atoms with Crippen LogP contribution in [0, 0.1) is 0 Å². The van der Waals surface area contributed by atoms with Crippen molar-refractivity contribution in [3.63, 3.8) is 0 Å². The summed E-state index contributed by atoms with van der Waals surface area (Å²) < 4.78 is 0. The molecule has 4 heteroatoms. The number of rotatable bonds is 2. The van der Waals surface area contributed by atoms with Crippen LogP contribution in [0.2, 0.25) is 0 Å². The molecule has 96 valence electrons. The minimum Gasteiger partial charge on any atom is -0.245 e. The number of aromatic nitrogens is 4. The first kappa shape index (κ1) is 14.2. The first-order chi connectivity index (χ1) is 8.61. The van der Waals surface area contributed by atoms with Crippen molar-refractivity contribution in [1.82, 2.24) is 19.9 Å². The Morgan fingerprint density at radius 2 is 1.39 bits per heavy atom. The molecule has 2 heterocycles. The summed E-state index contributed by atoms with van der Waals surface area (Å²) in [6.07, 6.45) is 8.77. The molecule has 0 amide bonds. The van der Waals surface area contributed by atoms with Crippen molar-refractivity contribution >= 4 is 0 Å². The second kappa shape index (κ2) is 7.48. The van der Waals surface area contributed by atoms with Crippen LogP contribution in [0.15, 0.2) is 37.2 Å². The highest BCUT2D eigenvalue weighted by atomic mass is 14.9. The third-order valence-corrected chi connectivity index (χ3v) is 2.35. The van der Waals surface area contributed by atoms with Crippen LogP contribution in [0.4, 0.5) is 0 Å². The summed E-state index contributed by atoms with van der Waals surface area (Å²) in [6, 6.07) is 1.83. The van der Waals surface area contributed by atoms with Crippen molar-refractivity contribution in [3.05, 3.63) is 48.6 Å². The second-order valence-electron chi connectivity index (χ2n) is 4.59. The molecule has 0 bridgehead atoms. The van der Waals surface area contributed by atoms with Crippen LogP contribution in [0.5, 0.6) is 0 Å². The maximum absolute atomic E-state index is 4.07. The summed E-state index contributed by atoms with van der Waals surface area (Å²) in [5, 5.41) is 0. The van der Waals surface area contributed by atoms with Crippen LogP contribution in [0.3, 0.4) is 0 Å². The van der Waals surface area contributed by atoms with E-state index in [0.29, 0.717) is 11.8 Å². The number of nitrogens with zero attached hydrogens (tertiary/aromatic N) is 4. The lowest BCUT2D eigenvalue weighted by Gasteiger charge is -1.99. The average Bonchev–Trinajstić information content (AvgIpc) is 2.41. The molecule has 0 aromatic carbocycles. The first-order valence-electron chi connectivity index (χ1n) is 6.13. The van der Waals surface area contributed by atoms with Gasteiger partial charge in [0.2, 0.25) is 0 Å². The van der Waals surface area contributed by atoms with Crippen molar-refractivity contribution in [2.24, 2.45) is 0 Å². The van der Waals surface area contributed by atoms with Gasteiger partial charge in [-0.2, -0.15) is 0 Å². The maximum Gasteiger partial charge on any atom is 0.130 e. The summed E-state index contributed by atoms with van der Waals surface area (Å²) in [7, 11) is 0. The van der Waals surface area contributed by atoms with Gasteiger partial charge in [0, 0.05) is 30.7 Å². The SMILES string of the molecule is CC(C)c1cncnc1.CC(C)c1ncccn1. The third kappa shape index (κ3) is 4.99. The normalized spacial score (nSPS) is 10.1. The molecule has 0 unspecified atom stereocenters. The topological polar surface area (TPSA) is 51.6 Å². The van der Waals surface area contributed by atoms with Gasteiger partial charge < -0.3 is 0 Å². The fourth-order valence-corrected chi connectivity index (χ4v) is 1.22. The molecule has 0 atom stereocenters. The quantitative estimate of drug-likeness (QED) is 0.814. The highest BCUT2D eigenvalue weighted by Gasteiger charge is 1.97. The molecule has 18 heavy (non-hydrogen) atoms. The summed E-state index contributed by atoms with van der Waals surface area (Å²) in [6.45, 7) is 8.40. The molecular formula is C14H20N4. The average molecular weight is 244 g/mol. The van der Waals surface area contributed by atoms with E-state index < -0.39 is 0 Å². The summed E-state index contributed by atoms with van der Waals surface area (Å²) in [5.74, 6) is 1.88. The summed E-state index contributed by atoms with van der Waals surface area (Å²) in [5.41, 5.74) is 1.19. The molecule has 4 nitrogen and oxygen atoms in total. The Labute approximate surface area is 109 Å². The highest BCUT2D eigenvalue weighted by molar-refractivity contribution is 5.06. The molecule has 0 radical (unpaired) electrons. The third-order valence-electron chi connectivity index (χ3n) is 2.35. The lowest BCUT2D eigenvalue weighted by molar-refractivity contribution is 0.774. The van der Waals surface area contributed by atoms with E-state index in [4.69, 9.17) is 0 Å². The number of hydrogen-bond acceptors (Lipinski definition) is 4. The Balaban J connectivity index is 0.000000180. The van der Waals surface area contributed by atoms with Crippen LogP contribution in [-0.4, -0.2) is 19.9 Å². The Morgan fingerprint density at radius 3 is 1.72 bits per heavy atom. The van der Waals surface area contributed by atoms with E-state index >= 15 is 0 Å². The van der Waals surface area contributed by atoms with E-state index in [1.165, 1.54) is 5.56 Å². The number of hydrogen-bond donors (Lipinski definition) is 0. The molecule has 0 aliphatic rings. The Kier molecular flexibility index (Phi) is 5.91. The van der Waals surface area contributed by atoms with E-state index in [2.05, 4.69) is 47.6 Å². The zero-order chi connectivity index (χ0) is 13.4. The van der Waals surface area contributed by atoms with Crippen molar-refractivity contribution in [2.75, 3.05) is 0 Å². The van der Waals surface area contributed by atoms with Crippen molar-refractivity contribution in [1.29, 1.82) is 0 Å². The Morgan fingerprint density at radius 1 is 0.833 bits per heavy atom. The molecule has 0 N–H and O–H groups in total. The van der Waals surface area contributed by atoms with Gasteiger partial charge in [-0.1, -0.05) is 27.7 Å². The van der Waals surface area contributed by atoms with Crippen LogP contribution >= 0.6 is 0 Å². The minimum atomic E-state index is 0.436. The van der Waals surface area contributed by atoms with E-state index in [1.54, 1.807) is 18.7 Å². The van der Waals surface area contributed by atoms with Gasteiger partial charge in [0.15, 0.2) is 0 Å². The molecule has 0 fully saturated rings. The zero-order valence-corrected chi connectivity index (χ0v) is 11.4. The minimum absolute atomic E-state index is 0.436. The molecule has 0 aliphatic heterocycles. The fourth-order valence-electron chi connectivity index (χ4n) is 1.22. The Bertz CT molecular complexity index is 383. The van der Waals surface area contributed by atoms with Crippen molar-refractivity contribution < 1.29 is 0 Å². The van der Waals surface area contributed by atoms with Crippen LogP contribution in [0.1, 0.15) is 50.9 Å². The van der Waals surface area contributed by atoms with Gasteiger partial charge in [-0.05, 0) is 17.5 Å². The lowest BCUT2D eigenvalue weighted by atomic mass is 10.1. The van der Waals surface area contributed by atoms with Gasteiger partial charge in [0.05, 0.1) is 0 Å². The van der Waals surface area contributed by atoms with Gasteiger partial charge in [0.1, 0.15) is 12.2 Å². The standard InChI is InChI=1S/2C7H10N2/c1-6(2)7-3-8-5-9-4-7;1-6(2)7-8-4-3-5-9-7/h2*3-6H,1-2H3. The predicted molar refractivity (Wildman–Crippen MR) is 72.2 cm³/mol. The molecule has 0 saturated carbocycles. The van der Waals surface area contributed by atoms with E-state index in [-0.39, 0.29) is 0 Å². The van der Waals surface area contributed by atoms with Crippen molar-refractivity contribution in [3.8, 4) is 0 Å². The first-order valence-corrected chi connectivity index (χ1v) is 6.13. The summed E-state index contributed by atoms with van der Waals surface area (Å²) >= 11 is 0. The second-order valence-corrected chi connectivity index (χ2v) is 4.59. The largest absolute Gasteiger partial charge is 0.245 e. The van der Waals surface area contributed by atoms with E-state index in [9.17, 15) is 0 Å². The van der Waals surface area contributed by atoms with Crippen molar-refractivity contribution in [2.45, 2.75) is 39.5 Å². The monoisotopic (exact) mass is 244 g/mol. The molecule has 0 aliphatic carbocycles. The molecular weight excluding hydrogens is 224 g/mol. The van der Waals surface area contributed by atoms with Gasteiger partial charge in [-0.15, -0.1) is 0 Å². The van der Waals surface area contributed by atoms with E-state index in [0.717, 1.165) is 5.82 Å².